The summed E-state index contributed by atoms with van der Waals surface area (Å²) in [4.78, 5) is 12.3. The number of alkyl carbamates (subject to hydrolysis) is 1. The fourth-order valence-electron chi connectivity index (χ4n) is 4.10. The minimum Gasteiger partial charge on any atom is -0.491 e. The van der Waals surface area contributed by atoms with Gasteiger partial charge in [0.2, 0.25) is 0 Å². The largest absolute Gasteiger partial charge is 0.491 e. The maximum absolute atomic E-state index is 12.3. The zero-order chi connectivity index (χ0) is 21.9. The van der Waals surface area contributed by atoms with Gasteiger partial charge in [0, 0.05) is 0 Å². The van der Waals surface area contributed by atoms with Crippen molar-refractivity contribution >= 4 is 15.9 Å². The lowest BCUT2D eigenvalue weighted by Crippen LogP contribution is -2.43. The number of aliphatic hydroxyl groups is 1. The topological polar surface area (TPSA) is 123 Å². The van der Waals surface area contributed by atoms with Gasteiger partial charge in [0.1, 0.15) is 25.1 Å². The number of carbonyl (C=O) groups is 1. The molecule has 3 N–H and O–H groups in total. The van der Waals surface area contributed by atoms with Crippen molar-refractivity contribution < 1.29 is 32.5 Å². The fourth-order valence-corrected chi connectivity index (χ4v) is 5.79. The Labute approximate surface area is 182 Å². The third-order valence-corrected chi connectivity index (χ3v) is 8.25. The summed E-state index contributed by atoms with van der Waals surface area (Å²) >= 11 is 0. The maximum atomic E-state index is 12.3. The molecule has 4 rings (SSSR count). The van der Waals surface area contributed by atoms with Gasteiger partial charge in [-0.05, 0) is 63.4 Å². The van der Waals surface area contributed by atoms with Crippen LogP contribution in [-0.4, -0.2) is 75.5 Å². The molecule has 1 saturated carbocycles. The van der Waals surface area contributed by atoms with Crippen molar-refractivity contribution in [1.29, 1.82) is 0 Å². The number of rotatable bonds is 8. The van der Waals surface area contributed by atoms with E-state index in [1.54, 1.807) is 18.2 Å². The first-order chi connectivity index (χ1) is 14.9. The molecule has 1 aromatic carbocycles. The molecule has 0 radical (unpaired) electrons. The van der Waals surface area contributed by atoms with Gasteiger partial charge in [-0.3, -0.25) is 0 Å². The van der Waals surface area contributed by atoms with E-state index in [0.717, 1.165) is 32.4 Å². The standard InChI is InChI=1S/C21H30N2O7S/c24-16(13-28-17-2-1-3-19(10-17)31(26,27)18-4-5-18)14-29-20(25)23-15-11-21(30-12-15)6-8-22-9-7-21/h1-3,10,15-16,18,22,24H,4-9,11-14H2,(H,23,25)/t15-,16?/m0/s1. The number of sulfone groups is 1. The molecule has 31 heavy (non-hydrogen) atoms. The van der Waals surface area contributed by atoms with Crippen molar-refractivity contribution in [3.63, 3.8) is 0 Å². The molecule has 2 heterocycles. The van der Waals surface area contributed by atoms with Gasteiger partial charge < -0.3 is 30.0 Å². The van der Waals surface area contributed by atoms with Gasteiger partial charge in [-0.2, -0.15) is 0 Å². The second kappa shape index (κ2) is 9.32. The molecule has 1 amide bonds. The van der Waals surface area contributed by atoms with E-state index in [9.17, 15) is 18.3 Å². The lowest BCUT2D eigenvalue weighted by molar-refractivity contribution is -0.0194. The number of hydrogen-bond donors (Lipinski definition) is 3. The van der Waals surface area contributed by atoms with E-state index in [0.29, 0.717) is 25.2 Å². The molecular formula is C21H30N2O7S. The zero-order valence-electron chi connectivity index (χ0n) is 17.4. The average Bonchev–Trinajstić information content (AvgIpc) is 3.56. The normalized spacial score (nSPS) is 24.0. The van der Waals surface area contributed by atoms with E-state index in [1.165, 1.54) is 6.07 Å². The first-order valence-electron chi connectivity index (χ1n) is 10.8. The molecule has 2 saturated heterocycles. The van der Waals surface area contributed by atoms with Crippen LogP contribution in [0.3, 0.4) is 0 Å². The van der Waals surface area contributed by atoms with Gasteiger partial charge in [-0.1, -0.05) is 6.07 Å². The van der Waals surface area contributed by atoms with Crippen molar-refractivity contribution in [1.82, 2.24) is 10.6 Å². The number of nitrogens with one attached hydrogen (secondary N) is 2. The van der Waals surface area contributed by atoms with Crippen molar-refractivity contribution in [2.24, 2.45) is 0 Å². The summed E-state index contributed by atoms with van der Waals surface area (Å²) in [5.41, 5.74) is -0.155. The smallest absolute Gasteiger partial charge is 0.407 e. The number of piperidine rings is 1. The van der Waals surface area contributed by atoms with Crippen LogP contribution in [0, 0.1) is 0 Å². The molecule has 2 aliphatic heterocycles. The number of aliphatic hydroxyl groups excluding tert-OH is 1. The van der Waals surface area contributed by atoms with Gasteiger partial charge in [0.25, 0.3) is 0 Å². The van der Waals surface area contributed by atoms with E-state index >= 15 is 0 Å². The minimum atomic E-state index is -3.30. The SMILES string of the molecule is O=C(N[C@@H]1COC2(CCNCC2)C1)OCC(O)COc1cccc(S(=O)(=O)C2CC2)c1. The molecule has 1 aliphatic carbocycles. The predicted molar refractivity (Wildman–Crippen MR) is 112 cm³/mol. The number of benzene rings is 1. The van der Waals surface area contributed by atoms with Crippen molar-refractivity contribution in [2.45, 2.75) is 60.0 Å². The third kappa shape index (κ3) is 5.68. The number of carbonyl (C=O) groups excluding carboxylic acids is 1. The first kappa shape index (κ1) is 22.3. The minimum absolute atomic E-state index is 0.102. The Morgan fingerprint density at radius 2 is 2.06 bits per heavy atom. The molecule has 3 aliphatic rings. The second-order valence-corrected chi connectivity index (χ2v) is 10.8. The molecule has 0 bridgehead atoms. The van der Waals surface area contributed by atoms with Gasteiger partial charge in [-0.25, -0.2) is 13.2 Å². The number of ether oxygens (including phenoxy) is 3. The Kier molecular flexibility index (Phi) is 6.71. The van der Waals surface area contributed by atoms with E-state index in [4.69, 9.17) is 14.2 Å². The molecule has 1 unspecified atom stereocenters. The maximum Gasteiger partial charge on any atom is 0.407 e. The van der Waals surface area contributed by atoms with E-state index < -0.39 is 22.0 Å². The van der Waals surface area contributed by atoms with Crippen LogP contribution in [0.4, 0.5) is 4.79 Å². The first-order valence-corrected chi connectivity index (χ1v) is 12.3. The van der Waals surface area contributed by atoms with Gasteiger partial charge >= 0.3 is 6.09 Å². The van der Waals surface area contributed by atoms with Crippen LogP contribution in [0.15, 0.2) is 29.2 Å². The molecular weight excluding hydrogens is 424 g/mol. The van der Waals surface area contributed by atoms with Crippen LogP contribution in [0.2, 0.25) is 0 Å². The molecule has 2 atom stereocenters. The molecule has 1 aromatic rings. The van der Waals surface area contributed by atoms with Crippen molar-refractivity contribution in [3.05, 3.63) is 24.3 Å². The number of amides is 1. The number of hydrogen-bond acceptors (Lipinski definition) is 8. The highest BCUT2D eigenvalue weighted by molar-refractivity contribution is 7.92. The third-order valence-electron chi connectivity index (χ3n) is 5.99. The summed E-state index contributed by atoms with van der Waals surface area (Å²) in [6, 6.07) is 6.15. The summed E-state index contributed by atoms with van der Waals surface area (Å²) in [6.07, 6.45) is 2.36. The Morgan fingerprint density at radius 3 is 2.81 bits per heavy atom. The molecule has 1 spiro atoms. The highest BCUT2D eigenvalue weighted by atomic mass is 32.2. The quantitative estimate of drug-likeness (QED) is 0.532. The molecule has 0 aromatic heterocycles. The van der Waals surface area contributed by atoms with Gasteiger partial charge in [0.15, 0.2) is 9.84 Å². The molecule has 3 fully saturated rings. The Morgan fingerprint density at radius 1 is 1.29 bits per heavy atom. The van der Waals surface area contributed by atoms with E-state index in [-0.39, 0.29) is 35.0 Å². The Bertz CT molecular complexity index is 881. The summed E-state index contributed by atoms with van der Waals surface area (Å²) in [6.45, 7) is 1.94. The van der Waals surface area contributed by atoms with Gasteiger partial charge in [-0.15, -0.1) is 0 Å². The molecule has 172 valence electrons. The van der Waals surface area contributed by atoms with Crippen LogP contribution in [0.5, 0.6) is 5.75 Å². The summed E-state index contributed by atoms with van der Waals surface area (Å²) in [5.74, 6) is 0.348. The van der Waals surface area contributed by atoms with Gasteiger partial charge in [0.05, 0.1) is 28.4 Å². The van der Waals surface area contributed by atoms with E-state index in [2.05, 4.69) is 10.6 Å². The average molecular weight is 455 g/mol. The highest BCUT2D eigenvalue weighted by Crippen LogP contribution is 2.35. The Hall–Kier alpha value is -1.88. The molecule has 10 heteroatoms. The zero-order valence-corrected chi connectivity index (χ0v) is 18.2. The van der Waals surface area contributed by atoms with Crippen LogP contribution >= 0.6 is 0 Å². The van der Waals surface area contributed by atoms with E-state index in [1.807, 2.05) is 0 Å². The Balaban J connectivity index is 1.18. The summed E-state index contributed by atoms with van der Waals surface area (Å²) in [5, 5.41) is 15.9. The molecule has 9 nitrogen and oxygen atoms in total. The van der Waals surface area contributed by atoms with Crippen LogP contribution < -0.4 is 15.4 Å². The summed E-state index contributed by atoms with van der Waals surface area (Å²) in [7, 11) is -3.30. The lowest BCUT2D eigenvalue weighted by atomic mass is 9.88. The van der Waals surface area contributed by atoms with Crippen LogP contribution in [0.25, 0.3) is 0 Å². The fraction of sp³-hybridized carbons (Fsp3) is 0.667. The van der Waals surface area contributed by atoms with Crippen molar-refractivity contribution in [2.75, 3.05) is 32.9 Å². The lowest BCUT2D eigenvalue weighted by Gasteiger charge is -2.32. The van der Waals surface area contributed by atoms with Crippen LogP contribution in [-0.2, 0) is 19.3 Å². The predicted octanol–water partition coefficient (Wildman–Crippen LogP) is 1.000. The highest BCUT2D eigenvalue weighted by Gasteiger charge is 2.41. The summed E-state index contributed by atoms with van der Waals surface area (Å²) < 4.78 is 41.2. The second-order valence-electron chi connectivity index (χ2n) is 8.57. The van der Waals surface area contributed by atoms with Crippen molar-refractivity contribution in [3.8, 4) is 5.75 Å². The monoisotopic (exact) mass is 454 g/mol. The van der Waals surface area contributed by atoms with Crippen LogP contribution in [0.1, 0.15) is 32.1 Å².